The van der Waals surface area contributed by atoms with Crippen LogP contribution in [0.1, 0.15) is 10.5 Å². The van der Waals surface area contributed by atoms with Gasteiger partial charge in [0.1, 0.15) is 11.4 Å². The lowest BCUT2D eigenvalue weighted by Crippen LogP contribution is -2.35. The summed E-state index contributed by atoms with van der Waals surface area (Å²) >= 11 is 12.2. The first-order valence-electron chi connectivity index (χ1n) is 7.27. The minimum atomic E-state index is -0.130. The quantitative estimate of drug-likeness (QED) is 0.762. The van der Waals surface area contributed by atoms with Crippen LogP contribution in [-0.4, -0.2) is 32.2 Å². The van der Waals surface area contributed by atoms with Crippen molar-refractivity contribution in [1.29, 1.82) is 0 Å². The second kappa shape index (κ2) is 5.89. The van der Waals surface area contributed by atoms with E-state index < -0.39 is 0 Å². The highest BCUT2D eigenvalue weighted by molar-refractivity contribution is 6.36. The van der Waals surface area contributed by atoms with Crippen LogP contribution in [0.2, 0.25) is 10.0 Å². The molecule has 3 aromatic rings. The first-order valence-corrected chi connectivity index (χ1v) is 8.02. The average molecular weight is 360 g/mol. The molecule has 1 aliphatic heterocycles. The van der Waals surface area contributed by atoms with Crippen LogP contribution < -0.4 is 5.32 Å². The molecule has 0 radical (unpaired) electrons. The van der Waals surface area contributed by atoms with Crippen molar-refractivity contribution >= 4 is 29.1 Å². The number of amides is 1. The second-order valence-corrected chi connectivity index (χ2v) is 6.13. The Kier molecular flexibility index (Phi) is 3.70. The van der Waals surface area contributed by atoms with Gasteiger partial charge in [-0.2, -0.15) is 5.10 Å². The number of hydrogen-bond acceptors (Lipinski definition) is 4. The van der Waals surface area contributed by atoms with Gasteiger partial charge in [0.15, 0.2) is 5.82 Å². The molecule has 3 heterocycles. The molecule has 1 amide bonds. The number of nitrogens with zero attached hydrogens (tertiary/aromatic N) is 4. The van der Waals surface area contributed by atoms with E-state index in [9.17, 15) is 4.79 Å². The maximum absolute atomic E-state index is 11.9. The summed E-state index contributed by atoms with van der Waals surface area (Å²) in [5.74, 6) is 0.347. The number of carbonyl (C=O) groups excluding carboxylic acids is 1. The van der Waals surface area contributed by atoms with Crippen molar-refractivity contribution in [2.24, 2.45) is 0 Å². The topological polar surface area (TPSA) is 72.7 Å². The SMILES string of the molecule is O=C1NCCn2nc(-c3ccnc(-c4ccc(Cl)cc4Cl)n3)cc21. The third-order valence-electron chi connectivity index (χ3n) is 3.71. The zero-order valence-electron chi connectivity index (χ0n) is 12.3. The van der Waals surface area contributed by atoms with E-state index in [-0.39, 0.29) is 5.91 Å². The molecular formula is C16H11Cl2N5O. The van der Waals surface area contributed by atoms with Gasteiger partial charge in [0, 0.05) is 23.3 Å². The minimum absolute atomic E-state index is 0.130. The monoisotopic (exact) mass is 359 g/mol. The van der Waals surface area contributed by atoms with Crippen LogP contribution >= 0.6 is 23.2 Å². The molecule has 0 unspecified atom stereocenters. The lowest BCUT2D eigenvalue weighted by Gasteiger charge is -2.13. The van der Waals surface area contributed by atoms with Crippen LogP contribution in [0.15, 0.2) is 36.5 Å². The number of halogens is 2. The van der Waals surface area contributed by atoms with Gasteiger partial charge in [-0.25, -0.2) is 9.97 Å². The molecule has 0 bridgehead atoms. The molecule has 24 heavy (non-hydrogen) atoms. The summed E-state index contributed by atoms with van der Waals surface area (Å²) < 4.78 is 1.69. The first kappa shape index (κ1) is 15.1. The van der Waals surface area contributed by atoms with E-state index >= 15 is 0 Å². The smallest absolute Gasteiger partial charge is 0.269 e. The standard InChI is InChI=1S/C16H11Cl2N5O/c17-9-1-2-10(11(18)7-9)15-19-4-3-12(21-15)13-8-14-16(24)20-5-6-23(14)22-13/h1-4,7-8H,5-6H2,(H,20,24). The van der Waals surface area contributed by atoms with Crippen LogP contribution in [0.5, 0.6) is 0 Å². The van der Waals surface area contributed by atoms with E-state index in [0.717, 1.165) is 0 Å². The maximum Gasteiger partial charge on any atom is 0.269 e. The number of nitrogens with one attached hydrogen (secondary N) is 1. The number of rotatable bonds is 2. The Hall–Kier alpha value is -2.44. The predicted octanol–water partition coefficient (Wildman–Crippen LogP) is 3.06. The lowest BCUT2D eigenvalue weighted by molar-refractivity contribution is 0.0924. The molecule has 0 atom stereocenters. The van der Waals surface area contributed by atoms with E-state index in [0.29, 0.717) is 51.6 Å². The first-order chi connectivity index (χ1) is 11.6. The van der Waals surface area contributed by atoms with Gasteiger partial charge in [-0.3, -0.25) is 9.48 Å². The van der Waals surface area contributed by atoms with Crippen molar-refractivity contribution in [2.45, 2.75) is 6.54 Å². The Bertz CT molecular complexity index is 953. The molecule has 2 aromatic heterocycles. The molecule has 0 fully saturated rings. The number of hydrogen-bond donors (Lipinski definition) is 1. The van der Waals surface area contributed by atoms with Crippen molar-refractivity contribution in [3.05, 3.63) is 52.3 Å². The third-order valence-corrected chi connectivity index (χ3v) is 4.26. The highest BCUT2D eigenvalue weighted by Crippen LogP contribution is 2.29. The number of carbonyl (C=O) groups is 1. The van der Waals surface area contributed by atoms with Gasteiger partial charge in [-0.15, -0.1) is 0 Å². The number of aromatic nitrogens is 4. The van der Waals surface area contributed by atoms with Gasteiger partial charge < -0.3 is 5.32 Å². The van der Waals surface area contributed by atoms with Gasteiger partial charge >= 0.3 is 0 Å². The fourth-order valence-electron chi connectivity index (χ4n) is 2.56. The highest BCUT2D eigenvalue weighted by Gasteiger charge is 2.20. The zero-order valence-corrected chi connectivity index (χ0v) is 13.8. The molecule has 0 spiro atoms. The summed E-state index contributed by atoms with van der Waals surface area (Å²) in [4.78, 5) is 20.7. The molecule has 1 N–H and O–H groups in total. The van der Waals surface area contributed by atoms with Crippen molar-refractivity contribution in [2.75, 3.05) is 6.54 Å². The fourth-order valence-corrected chi connectivity index (χ4v) is 3.06. The normalized spacial score (nSPS) is 13.5. The lowest BCUT2D eigenvalue weighted by atomic mass is 10.2. The van der Waals surface area contributed by atoms with E-state index in [2.05, 4.69) is 20.4 Å². The molecule has 120 valence electrons. The molecule has 0 saturated carbocycles. The van der Waals surface area contributed by atoms with Crippen molar-refractivity contribution in [3.63, 3.8) is 0 Å². The number of benzene rings is 1. The molecule has 0 aliphatic carbocycles. The average Bonchev–Trinajstić information content (AvgIpc) is 3.01. The summed E-state index contributed by atoms with van der Waals surface area (Å²) in [6.07, 6.45) is 1.64. The molecule has 4 rings (SSSR count). The fraction of sp³-hybridized carbons (Fsp3) is 0.125. The highest BCUT2D eigenvalue weighted by atomic mass is 35.5. The van der Waals surface area contributed by atoms with Crippen molar-refractivity contribution in [1.82, 2.24) is 25.1 Å². The van der Waals surface area contributed by atoms with Crippen molar-refractivity contribution in [3.8, 4) is 22.8 Å². The molecule has 0 saturated heterocycles. The summed E-state index contributed by atoms with van der Waals surface area (Å²) in [7, 11) is 0. The Balaban J connectivity index is 1.77. The molecule has 1 aromatic carbocycles. The minimum Gasteiger partial charge on any atom is -0.349 e. The largest absolute Gasteiger partial charge is 0.349 e. The Morgan fingerprint density at radius 3 is 2.79 bits per heavy atom. The summed E-state index contributed by atoms with van der Waals surface area (Å²) in [5, 5.41) is 8.27. The van der Waals surface area contributed by atoms with Gasteiger partial charge in [-0.1, -0.05) is 23.2 Å². The van der Waals surface area contributed by atoms with Gasteiger partial charge in [-0.05, 0) is 30.3 Å². The molecule has 6 nitrogen and oxygen atoms in total. The number of fused-ring (bicyclic) bond motifs is 1. The third kappa shape index (κ3) is 2.64. The van der Waals surface area contributed by atoms with Crippen LogP contribution in [-0.2, 0) is 6.54 Å². The summed E-state index contributed by atoms with van der Waals surface area (Å²) in [6, 6.07) is 8.63. The summed E-state index contributed by atoms with van der Waals surface area (Å²) in [5.41, 5.74) is 2.46. The summed E-state index contributed by atoms with van der Waals surface area (Å²) in [6.45, 7) is 1.21. The van der Waals surface area contributed by atoms with Gasteiger partial charge in [0.25, 0.3) is 5.91 Å². The van der Waals surface area contributed by atoms with E-state index in [1.54, 1.807) is 41.2 Å². The van der Waals surface area contributed by atoms with Gasteiger partial charge in [0.2, 0.25) is 0 Å². The molecule has 8 heteroatoms. The Labute approximate surface area is 147 Å². The van der Waals surface area contributed by atoms with E-state index in [4.69, 9.17) is 23.2 Å². The Morgan fingerprint density at radius 1 is 1.12 bits per heavy atom. The van der Waals surface area contributed by atoms with Crippen LogP contribution in [0.25, 0.3) is 22.8 Å². The maximum atomic E-state index is 11.9. The Morgan fingerprint density at radius 2 is 2.00 bits per heavy atom. The van der Waals surface area contributed by atoms with Gasteiger partial charge in [0.05, 0.1) is 17.3 Å². The van der Waals surface area contributed by atoms with Crippen molar-refractivity contribution < 1.29 is 4.79 Å². The second-order valence-electron chi connectivity index (χ2n) is 5.28. The molecule has 1 aliphatic rings. The van der Waals surface area contributed by atoms with Crippen LogP contribution in [0.3, 0.4) is 0 Å². The van der Waals surface area contributed by atoms with E-state index in [1.165, 1.54) is 0 Å². The molecular weight excluding hydrogens is 349 g/mol. The van der Waals surface area contributed by atoms with E-state index in [1.807, 2.05) is 0 Å². The zero-order chi connectivity index (χ0) is 16.7. The predicted molar refractivity (Wildman–Crippen MR) is 91.0 cm³/mol. The van der Waals surface area contributed by atoms with Crippen LogP contribution in [0, 0.1) is 0 Å². The van der Waals surface area contributed by atoms with Crippen LogP contribution in [0.4, 0.5) is 0 Å².